The third-order valence-electron chi connectivity index (χ3n) is 6.07. The third kappa shape index (κ3) is 4.89. The van der Waals surface area contributed by atoms with Crippen LogP contribution in [0.4, 0.5) is 5.82 Å². The van der Waals surface area contributed by atoms with Crippen molar-refractivity contribution in [3.8, 4) is 0 Å². The van der Waals surface area contributed by atoms with Crippen molar-refractivity contribution in [2.45, 2.75) is 52.9 Å². The lowest BCUT2D eigenvalue weighted by Crippen LogP contribution is -2.33. The maximum atomic E-state index is 12.9. The van der Waals surface area contributed by atoms with Crippen molar-refractivity contribution in [3.05, 3.63) is 29.6 Å². The minimum atomic E-state index is -0.180. The lowest BCUT2D eigenvalue weighted by Gasteiger charge is -2.22. The second kappa shape index (κ2) is 9.94. The predicted molar refractivity (Wildman–Crippen MR) is 120 cm³/mol. The molecule has 1 saturated heterocycles. The molecule has 8 heteroatoms. The Balaban J connectivity index is 1.71. The van der Waals surface area contributed by atoms with Crippen LogP contribution in [0, 0.1) is 12.8 Å². The third-order valence-corrected chi connectivity index (χ3v) is 6.07. The number of likely N-dealkylation sites (tertiary alicyclic amines) is 1. The average molecular weight is 428 g/mol. The van der Waals surface area contributed by atoms with Gasteiger partial charge in [0.05, 0.1) is 11.3 Å². The molecule has 1 fully saturated rings. The van der Waals surface area contributed by atoms with Crippen LogP contribution in [-0.2, 0) is 9.59 Å². The highest BCUT2D eigenvalue weighted by molar-refractivity contribution is 5.96. The molecule has 2 aromatic rings. The summed E-state index contributed by atoms with van der Waals surface area (Å²) in [6, 6.07) is 3.54. The molecule has 168 valence electrons. The van der Waals surface area contributed by atoms with Gasteiger partial charge in [-0.1, -0.05) is 13.8 Å². The summed E-state index contributed by atoms with van der Waals surface area (Å²) >= 11 is 0. The number of hydrogen-bond donors (Lipinski definition) is 1. The number of imidazole rings is 1. The lowest BCUT2D eigenvalue weighted by atomic mass is 10.0. The van der Waals surface area contributed by atoms with Gasteiger partial charge in [0.1, 0.15) is 11.5 Å². The highest BCUT2D eigenvalue weighted by Crippen LogP contribution is 2.24. The Morgan fingerprint density at radius 3 is 2.65 bits per heavy atom. The Morgan fingerprint density at radius 1 is 1.26 bits per heavy atom. The monoisotopic (exact) mass is 427 g/mol. The Bertz CT molecular complexity index is 964. The molecular formula is C23H33N5O3. The number of aromatic nitrogens is 2. The summed E-state index contributed by atoms with van der Waals surface area (Å²) in [6.07, 6.45) is 5.58. The highest BCUT2D eigenvalue weighted by atomic mass is 16.2. The zero-order chi connectivity index (χ0) is 22.5. The van der Waals surface area contributed by atoms with Crippen molar-refractivity contribution in [2.24, 2.45) is 5.92 Å². The van der Waals surface area contributed by atoms with Gasteiger partial charge in [0, 0.05) is 45.2 Å². The van der Waals surface area contributed by atoms with Gasteiger partial charge in [-0.25, -0.2) is 4.98 Å². The Hall–Kier alpha value is -2.90. The van der Waals surface area contributed by atoms with E-state index in [2.05, 4.69) is 10.3 Å². The number of hydrogen-bond acceptors (Lipinski definition) is 4. The number of aryl methyl sites for hydroxylation is 1. The number of carbonyl (C=O) groups excluding carboxylic acids is 3. The van der Waals surface area contributed by atoms with Crippen LogP contribution in [0.1, 0.15) is 62.0 Å². The van der Waals surface area contributed by atoms with Crippen LogP contribution in [0.2, 0.25) is 0 Å². The maximum Gasteiger partial charge on any atom is 0.252 e. The second-order valence-electron chi connectivity index (χ2n) is 8.17. The molecule has 2 aromatic heterocycles. The SMILES string of the molecule is CCC(CC)C(=O)N(C)c1c(C)nc2ccc(C(=O)NCCCN3CCCC3=O)cn12. The lowest BCUT2D eigenvalue weighted by molar-refractivity contribution is -0.127. The molecule has 3 amide bonds. The molecule has 0 saturated carbocycles. The van der Waals surface area contributed by atoms with Crippen LogP contribution in [0.15, 0.2) is 18.3 Å². The Kier molecular flexibility index (Phi) is 7.30. The summed E-state index contributed by atoms with van der Waals surface area (Å²) in [5.41, 5.74) is 1.95. The largest absolute Gasteiger partial charge is 0.352 e. The van der Waals surface area contributed by atoms with Crippen molar-refractivity contribution >= 4 is 29.2 Å². The van der Waals surface area contributed by atoms with E-state index in [9.17, 15) is 14.4 Å². The first kappa shape index (κ1) is 22.8. The van der Waals surface area contributed by atoms with Gasteiger partial charge in [-0.15, -0.1) is 0 Å². The number of carbonyl (C=O) groups is 3. The zero-order valence-corrected chi connectivity index (χ0v) is 19.0. The van der Waals surface area contributed by atoms with Crippen LogP contribution in [0.5, 0.6) is 0 Å². The molecule has 3 heterocycles. The van der Waals surface area contributed by atoms with E-state index < -0.39 is 0 Å². The quantitative estimate of drug-likeness (QED) is 0.624. The predicted octanol–water partition coefficient (Wildman–Crippen LogP) is 2.78. The molecule has 0 radical (unpaired) electrons. The molecular weight excluding hydrogens is 394 g/mol. The van der Waals surface area contributed by atoms with Crippen LogP contribution < -0.4 is 10.2 Å². The molecule has 0 aromatic carbocycles. The number of anilines is 1. The molecule has 3 rings (SSSR count). The van der Waals surface area contributed by atoms with Crippen molar-refractivity contribution in [1.29, 1.82) is 0 Å². The van der Waals surface area contributed by atoms with E-state index in [0.717, 1.165) is 37.9 Å². The van der Waals surface area contributed by atoms with Gasteiger partial charge in [0.25, 0.3) is 5.91 Å². The summed E-state index contributed by atoms with van der Waals surface area (Å²) in [4.78, 5) is 45.3. The van der Waals surface area contributed by atoms with Crippen LogP contribution in [-0.4, -0.2) is 58.7 Å². The number of nitrogens with one attached hydrogen (secondary N) is 1. The van der Waals surface area contributed by atoms with E-state index in [1.54, 1.807) is 30.3 Å². The minimum absolute atomic E-state index is 0.0380. The van der Waals surface area contributed by atoms with Crippen LogP contribution >= 0.6 is 0 Å². The highest BCUT2D eigenvalue weighted by Gasteiger charge is 2.24. The average Bonchev–Trinajstić information content (AvgIpc) is 3.32. The minimum Gasteiger partial charge on any atom is -0.352 e. The van der Waals surface area contributed by atoms with Crippen molar-refractivity contribution < 1.29 is 14.4 Å². The van der Waals surface area contributed by atoms with Crippen LogP contribution in [0.3, 0.4) is 0 Å². The fraction of sp³-hybridized carbons (Fsp3) is 0.565. The zero-order valence-electron chi connectivity index (χ0n) is 19.0. The van der Waals surface area contributed by atoms with E-state index in [4.69, 9.17) is 0 Å². The standard InChI is InChI=1S/C23H33N5O3/c1-5-17(6-2)23(31)26(4)22-16(3)25-19-11-10-18(15-28(19)22)21(30)24-12-8-14-27-13-7-9-20(27)29/h10-11,15,17H,5-9,12-14H2,1-4H3,(H,24,30). The van der Waals surface area contributed by atoms with Gasteiger partial charge in [0.15, 0.2) is 0 Å². The second-order valence-corrected chi connectivity index (χ2v) is 8.17. The van der Waals surface area contributed by atoms with E-state index in [0.29, 0.717) is 36.5 Å². The fourth-order valence-corrected chi connectivity index (χ4v) is 4.22. The Morgan fingerprint density at radius 2 is 2.00 bits per heavy atom. The smallest absolute Gasteiger partial charge is 0.252 e. The number of pyridine rings is 1. The molecule has 0 spiro atoms. The van der Waals surface area contributed by atoms with Gasteiger partial charge in [-0.05, 0) is 44.7 Å². The van der Waals surface area contributed by atoms with Crippen molar-refractivity contribution in [2.75, 3.05) is 31.6 Å². The summed E-state index contributed by atoms with van der Waals surface area (Å²) in [5, 5.41) is 2.93. The van der Waals surface area contributed by atoms with E-state index >= 15 is 0 Å². The topological polar surface area (TPSA) is 87.0 Å². The van der Waals surface area contributed by atoms with Crippen LogP contribution in [0.25, 0.3) is 5.65 Å². The van der Waals surface area contributed by atoms with Gasteiger partial charge < -0.3 is 10.2 Å². The molecule has 8 nitrogen and oxygen atoms in total. The first-order valence-corrected chi connectivity index (χ1v) is 11.2. The van der Waals surface area contributed by atoms with E-state index in [1.165, 1.54) is 0 Å². The number of amides is 3. The van der Waals surface area contributed by atoms with Gasteiger partial charge in [0.2, 0.25) is 11.8 Å². The summed E-state index contributed by atoms with van der Waals surface area (Å²) in [5.74, 6) is 0.729. The maximum absolute atomic E-state index is 12.9. The molecule has 31 heavy (non-hydrogen) atoms. The summed E-state index contributed by atoms with van der Waals surface area (Å²) in [7, 11) is 1.77. The molecule has 0 unspecified atom stereocenters. The number of fused-ring (bicyclic) bond motifs is 1. The van der Waals surface area contributed by atoms with E-state index in [1.807, 2.05) is 30.1 Å². The summed E-state index contributed by atoms with van der Waals surface area (Å²) in [6.45, 7) is 7.90. The Labute approximate surface area is 183 Å². The first-order chi connectivity index (χ1) is 14.9. The molecule has 1 aliphatic rings. The molecule has 0 bridgehead atoms. The first-order valence-electron chi connectivity index (χ1n) is 11.2. The van der Waals surface area contributed by atoms with E-state index in [-0.39, 0.29) is 23.6 Å². The fourth-order valence-electron chi connectivity index (χ4n) is 4.22. The van der Waals surface area contributed by atoms with Gasteiger partial charge >= 0.3 is 0 Å². The molecule has 0 aliphatic carbocycles. The van der Waals surface area contributed by atoms with Crippen molar-refractivity contribution in [1.82, 2.24) is 19.6 Å². The van der Waals surface area contributed by atoms with Gasteiger partial charge in [-0.2, -0.15) is 0 Å². The number of nitrogens with zero attached hydrogens (tertiary/aromatic N) is 4. The molecule has 1 N–H and O–H groups in total. The van der Waals surface area contributed by atoms with Crippen molar-refractivity contribution in [3.63, 3.8) is 0 Å². The van der Waals surface area contributed by atoms with Gasteiger partial charge in [-0.3, -0.25) is 23.7 Å². The normalized spacial score (nSPS) is 14.0. The molecule has 1 aliphatic heterocycles. The summed E-state index contributed by atoms with van der Waals surface area (Å²) < 4.78 is 1.81. The number of rotatable bonds is 9. The molecule has 0 atom stereocenters.